The number of amides is 2. The Labute approximate surface area is 169 Å². The molecule has 7 nitrogen and oxygen atoms in total. The summed E-state index contributed by atoms with van der Waals surface area (Å²) in [5.41, 5.74) is 1.40. The standard InChI is InChI=1S/C22H26N2O5/c25-19(23-17-6-8-18(9-7-17)24-10-2-5-20(24)26)13-29-22(28)16-11-14-3-1-4-15(12-16)21(14)27/h6-9,14-16H,1-5,10-13H2,(H,23,25)/t14-,15-/m1/s1. The monoisotopic (exact) mass is 398 g/mol. The van der Waals surface area contributed by atoms with Gasteiger partial charge in [-0.2, -0.15) is 0 Å². The highest BCUT2D eigenvalue weighted by molar-refractivity contribution is 5.96. The van der Waals surface area contributed by atoms with Gasteiger partial charge < -0.3 is 15.0 Å². The van der Waals surface area contributed by atoms with Crippen molar-refractivity contribution in [3.8, 4) is 0 Å². The van der Waals surface area contributed by atoms with Crippen LogP contribution in [0.15, 0.2) is 24.3 Å². The minimum absolute atomic E-state index is 0.0186. The van der Waals surface area contributed by atoms with Gasteiger partial charge in [-0.25, -0.2) is 0 Å². The number of esters is 1. The third kappa shape index (κ3) is 4.33. The summed E-state index contributed by atoms with van der Waals surface area (Å²) in [5, 5.41) is 2.70. The molecule has 1 N–H and O–H groups in total. The van der Waals surface area contributed by atoms with Crippen LogP contribution in [0.5, 0.6) is 0 Å². The maximum Gasteiger partial charge on any atom is 0.309 e. The molecule has 0 unspecified atom stereocenters. The zero-order valence-corrected chi connectivity index (χ0v) is 16.4. The number of nitrogens with one attached hydrogen (secondary N) is 1. The van der Waals surface area contributed by atoms with Gasteiger partial charge in [0.05, 0.1) is 5.92 Å². The van der Waals surface area contributed by atoms with Crippen LogP contribution in [-0.2, 0) is 23.9 Å². The number of hydrogen-bond acceptors (Lipinski definition) is 5. The van der Waals surface area contributed by atoms with Crippen molar-refractivity contribution >= 4 is 34.9 Å². The van der Waals surface area contributed by atoms with Crippen LogP contribution in [0, 0.1) is 17.8 Å². The third-order valence-electron chi connectivity index (χ3n) is 6.26. The summed E-state index contributed by atoms with van der Waals surface area (Å²) in [6.07, 6.45) is 5.30. The minimum Gasteiger partial charge on any atom is -0.455 e. The summed E-state index contributed by atoms with van der Waals surface area (Å²) in [4.78, 5) is 50.2. The van der Waals surface area contributed by atoms with Crippen LogP contribution in [0.4, 0.5) is 11.4 Å². The fourth-order valence-corrected chi connectivity index (χ4v) is 4.77. The Balaban J connectivity index is 1.25. The van der Waals surface area contributed by atoms with E-state index in [0.717, 1.165) is 37.9 Å². The molecule has 2 amide bonds. The van der Waals surface area contributed by atoms with E-state index in [1.807, 2.05) is 0 Å². The van der Waals surface area contributed by atoms with Crippen molar-refractivity contribution in [2.24, 2.45) is 17.8 Å². The van der Waals surface area contributed by atoms with E-state index in [2.05, 4.69) is 5.32 Å². The quantitative estimate of drug-likeness (QED) is 0.770. The molecule has 4 rings (SSSR count). The maximum atomic E-state index is 12.4. The third-order valence-corrected chi connectivity index (χ3v) is 6.26. The Hall–Kier alpha value is -2.70. The molecule has 3 aliphatic rings. The molecule has 2 aliphatic carbocycles. The van der Waals surface area contributed by atoms with Gasteiger partial charge >= 0.3 is 5.97 Å². The van der Waals surface area contributed by atoms with E-state index in [0.29, 0.717) is 30.7 Å². The average Bonchev–Trinajstić information content (AvgIpc) is 3.12. The van der Waals surface area contributed by atoms with Gasteiger partial charge in [0.25, 0.3) is 5.91 Å². The second-order valence-corrected chi connectivity index (χ2v) is 8.25. The lowest BCUT2D eigenvalue weighted by molar-refractivity contribution is -0.155. The molecule has 7 heteroatoms. The number of hydrogen-bond donors (Lipinski definition) is 1. The first kappa shape index (κ1) is 19.6. The Morgan fingerprint density at radius 1 is 1.03 bits per heavy atom. The van der Waals surface area contributed by atoms with Gasteiger partial charge in [0.2, 0.25) is 5.91 Å². The number of ether oxygens (including phenoxy) is 1. The number of fused-ring (bicyclic) bond motifs is 2. The van der Waals surface area contributed by atoms with E-state index in [1.54, 1.807) is 29.2 Å². The number of carbonyl (C=O) groups is 4. The second kappa shape index (κ2) is 8.35. The summed E-state index contributed by atoms with van der Waals surface area (Å²) >= 11 is 0. The lowest BCUT2D eigenvalue weighted by Crippen LogP contribution is -2.40. The fraction of sp³-hybridized carbons (Fsp3) is 0.545. The fourth-order valence-electron chi connectivity index (χ4n) is 4.77. The number of ketones is 1. The number of nitrogens with zero attached hydrogens (tertiary/aromatic N) is 1. The zero-order valence-electron chi connectivity index (χ0n) is 16.4. The van der Waals surface area contributed by atoms with Crippen LogP contribution in [0.25, 0.3) is 0 Å². The van der Waals surface area contributed by atoms with Gasteiger partial charge in [0.15, 0.2) is 6.61 Å². The van der Waals surface area contributed by atoms with E-state index in [1.165, 1.54) is 0 Å². The van der Waals surface area contributed by atoms with Crippen LogP contribution in [0.3, 0.4) is 0 Å². The highest BCUT2D eigenvalue weighted by Crippen LogP contribution is 2.40. The Kier molecular flexibility index (Phi) is 5.65. The normalized spacial score (nSPS) is 26.3. The van der Waals surface area contributed by atoms with Crippen molar-refractivity contribution in [3.05, 3.63) is 24.3 Å². The Morgan fingerprint density at radius 2 is 1.72 bits per heavy atom. The van der Waals surface area contributed by atoms with E-state index in [4.69, 9.17) is 4.74 Å². The van der Waals surface area contributed by atoms with E-state index < -0.39 is 5.91 Å². The SMILES string of the molecule is O=C(COC(=O)C1C[C@H]2CCC[C@H](C1)C2=O)Nc1ccc(N2CCCC2=O)cc1. The van der Waals surface area contributed by atoms with Crippen LogP contribution >= 0.6 is 0 Å². The topological polar surface area (TPSA) is 92.8 Å². The number of anilines is 2. The summed E-state index contributed by atoms with van der Waals surface area (Å²) in [5.74, 6) is -0.694. The predicted molar refractivity (Wildman–Crippen MR) is 106 cm³/mol. The molecular formula is C22H26N2O5. The van der Waals surface area contributed by atoms with Crippen molar-refractivity contribution in [2.45, 2.75) is 44.9 Å². The van der Waals surface area contributed by atoms with E-state index >= 15 is 0 Å². The first-order valence-corrected chi connectivity index (χ1v) is 10.4. The number of carbonyl (C=O) groups excluding carboxylic acids is 4. The van der Waals surface area contributed by atoms with Crippen molar-refractivity contribution in [3.63, 3.8) is 0 Å². The molecule has 3 fully saturated rings. The van der Waals surface area contributed by atoms with E-state index in [-0.39, 0.29) is 36.2 Å². The summed E-state index contributed by atoms with van der Waals surface area (Å²) < 4.78 is 5.22. The molecule has 1 aromatic rings. The highest BCUT2D eigenvalue weighted by Gasteiger charge is 2.41. The van der Waals surface area contributed by atoms with Crippen LogP contribution in [-0.4, -0.2) is 36.7 Å². The first-order valence-electron chi connectivity index (χ1n) is 10.4. The van der Waals surface area contributed by atoms with Gasteiger partial charge in [-0.05, 0) is 56.4 Å². The molecule has 1 saturated heterocycles. The van der Waals surface area contributed by atoms with Gasteiger partial charge in [0, 0.05) is 36.2 Å². The lowest BCUT2D eigenvalue weighted by atomic mass is 9.67. The number of Topliss-reactive ketones (excluding diaryl/α,β-unsaturated/α-hetero) is 1. The Bertz CT molecular complexity index is 803. The molecule has 154 valence electrons. The van der Waals surface area contributed by atoms with Crippen molar-refractivity contribution in [1.82, 2.24) is 0 Å². The van der Waals surface area contributed by atoms with Crippen molar-refractivity contribution in [2.75, 3.05) is 23.4 Å². The molecule has 0 spiro atoms. The highest BCUT2D eigenvalue weighted by atomic mass is 16.5. The predicted octanol–water partition coefficient (Wildman–Crippen LogP) is 2.69. The van der Waals surface area contributed by atoms with Gasteiger partial charge in [-0.15, -0.1) is 0 Å². The summed E-state index contributed by atoms with van der Waals surface area (Å²) in [7, 11) is 0. The first-order chi connectivity index (χ1) is 14.0. The maximum absolute atomic E-state index is 12.4. The second-order valence-electron chi connectivity index (χ2n) is 8.25. The van der Waals surface area contributed by atoms with Crippen LogP contribution in [0.1, 0.15) is 44.9 Å². The van der Waals surface area contributed by atoms with Gasteiger partial charge in [-0.1, -0.05) is 6.42 Å². The number of rotatable bonds is 5. The minimum atomic E-state index is -0.407. The summed E-state index contributed by atoms with van der Waals surface area (Å²) in [6, 6.07) is 7.05. The molecule has 1 aromatic carbocycles. The van der Waals surface area contributed by atoms with Gasteiger partial charge in [-0.3, -0.25) is 19.2 Å². The van der Waals surface area contributed by atoms with Crippen LogP contribution < -0.4 is 10.2 Å². The molecule has 2 bridgehead atoms. The number of benzene rings is 1. The van der Waals surface area contributed by atoms with Crippen molar-refractivity contribution in [1.29, 1.82) is 0 Å². The molecule has 0 radical (unpaired) electrons. The molecule has 0 aromatic heterocycles. The molecule has 1 heterocycles. The van der Waals surface area contributed by atoms with Crippen LogP contribution in [0.2, 0.25) is 0 Å². The smallest absolute Gasteiger partial charge is 0.309 e. The van der Waals surface area contributed by atoms with Crippen molar-refractivity contribution < 1.29 is 23.9 Å². The van der Waals surface area contributed by atoms with Gasteiger partial charge in [0.1, 0.15) is 5.78 Å². The average molecular weight is 398 g/mol. The largest absolute Gasteiger partial charge is 0.455 e. The molecule has 2 saturated carbocycles. The molecule has 29 heavy (non-hydrogen) atoms. The molecular weight excluding hydrogens is 372 g/mol. The molecule has 1 aliphatic heterocycles. The van der Waals surface area contributed by atoms with E-state index in [9.17, 15) is 19.2 Å². The zero-order chi connectivity index (χ0) is 20.4. The lowest BCUT2D eigenvalue weighted by Gasteiger charge is -2.36. The Morgan fingerprint density at radius 3 is 2.34 bits per heavy atom. The summed E-state index contributed by atoms with van der Waals surface area (Å²) in [6.45, 7) is 0.375. The molecule has 2 atom stereocenters.